The Morgan fingerprint density at radius 1 is 1.53 bits per heavy atom. The fourth-order valence-electron chi connectivity index (χ4n) is 1.42. The molecule has 3 heteroatoms. The fraction of sp³-hybridized carbons (Fsp3) is 0.417. The summed E-state index contributed by atoms with van der Waals surface area (Å²) in [6, 6.07) is 4.99. The molecule has 0 saturated heterocycles. The van der Waals surface area contributed by atoms with Crippen molar-refractivity contribution in [2.45, 2.75) is 26.3 Å². The zero-order valence-corrected chi connectivity index (χ0v) is 9.41. The van der Waals surface area contributed by atoms with Crippen molar-refractivity contribution in [2.75, 3.05) is 7.11 Å². The van der Waals surface area contributed by atoms with E-state index in [0.29, 0.717) is 12.0 Å². The van der Waals surface area contributed by atoms with Crippen LogP contribution in [0.4, 0.5) is 0 Å². The number of rotatable bonds is 4. The van der Waals surface area contributed by atoms with Crippen molar-refractivity contribution in [3.05, 3.63) is 29.3 Å². The second-order valence-corrected chi connectivity index (χ2v) is 3.56. The van der Waals surface area contributed by atoms with Gasteiger partial charge in [-0.15, -0.1) is 0 Å². The van der Waals surface area contributed by atoms with E-state index in [0.717, 1.165) is 11.3 Å². The van der Waals surface area contributed by atoms with Gasteiger partial charge in [0.1, 0.15) is 5.75 Å². The molecule has 0 aliphatic carbocycles. The quantitative estimate of drug-likeness (QED) is 0.767. The van der Waals surface area contributed by atoms with E-state index in [1.807, 2.05) is 19.9 Å². The topological polar surface area (TPSA) is 52.3 Å². The van der Waals surface area contributed by atoms with Gasteiger partial charge in [-0.2, -0.15) is 0 Å². The van der Waals surface area contributed by atoms with Crippen LogP contribution < -0.4 is 10.5 Å². The molecule has 0 spiro atoms. The van der Waals surface area contributed by atoms with Gasteiger partial charge >= 0.3 is 0 Å². The van der Waals surface area contributed by atoms with E-state index in [1.165, 1.54) is 0 Å². The lowest BCUT2D eigenvalue weighted by atomic mass is 9.98. The average Bonchev–Trinajstić information content (AvgIpc) is 2.26. The Morgan fingerprint density at radius 3 is 2.67 bits per heavy atom. The number of benzene rings is 1. The highest BCUT2D eigenvalue weighted by molar-refractivity contribution is 6.01. The van der Waals surface area contributed by atoms with Crippen molar-refractivity contribution in [1.82, 2.24) is 0 Å². The van der Waals surface area contributed by atoms with Gasteiger partial charge in [0.25, 0.3) is 0 Å². The molecule has 0 bridgehead atoms. The van der Waals surface area contributed by atoms with Crippen LogP contribution in [0, 0.1) is 6.92 Å². The highest BCUT2D eigenvalue weighted by Crippen LogP contribution is 2.18. The van der Waals surface area contributed by atoms with Crippen molar-refractivity contribution >= 4 is 5.78 Å². The summed E-state index contributed by atoms with van der Waals surface area (Å²) in [6.07, 6.45) is 0.657. The number of ether oxygens (including phenoxy) is 1. The molecule has 3 nitrogen and oxygen atoms in total. The van der Waals surface area contributed by atoms with Crippen LogP contribution in [-0.4, -0.2) is 18.9 Å². The lowest BCUT2D eigenvalue weighted by molar-refractivity contribution is 0.0959. The summed E-state index contributed by atoms with van der Waals surface area (Å²) in [5, 5.41) is 0. The van der Waals surface area contributed by atoms with Crippen molar-refractivity contribution in [1.29, 1.82) is 0 Å². The number of nitrogens with two attached hydrogens (primary N) is 1. The van der Waals surface area contributed by atoms with Crippen LogP contribution in [0.1, 0.15) is 29.3 Å². The highest BCUT2D eigenvalue weighted by Gasteiger charge is 2.15. The Bertz CT molecular complexity index is 361. The predicted molar refractivity (Wildman–Crippen MR) is 60.3 cm³/mol. The van der Waals surface area contributed by atoms with E-state index >= 15 is 0 Å². The maximum Gasteiger partial charge on any atom is 0.179 e. The summed E-state index contributed by atoms with van der Waals surface area (Å²) in [7, 11) is 1.61. The average molecular weight is 207 g/mol. The van der Waals surface area contributed by atoms with E-state index in [9.17, 15) is 4.79 Å². The van der Waals surface area contributed by atoms with E-state index in [4.69, 9.17) is 10.5 Å². The molecule has 1 aromatic carbocycles. The minimum absolute atomic E-state index is 0.00217. The van der Waals surface area contributed by atoms with Crippen LogP contribution >= 0.6 is 0 Å². The molecule has 1 atom stereocenters. The van der Waals surface area contributed by atoms with Crippen molar-refractivity contribution in [3.63, 3.8) is 0 Å². The molecule has 1 aromatic rings. The van der Waals surface area contributed by atoms with Gasteiger partial charge in [0.05, 0.1) is 13.2 Å². The second kappa shape index (κ2) is 4.94. The number of hydrogen-bond donors (Lipinski definition) is 1. The molecular formula is C12H17NO2. The number of aryl methyl sites for hydroxylation is 1. The van der Waals surface area contributed by atoms with Gasteiger partial charge in [0, 0.05) is 5.56 Å². The summed E-state index contributed by atoms with van der Waals surface area (Å²) >= 11 is 0. The highest BCUT2D eigenvalue weighted by atomic mass is 16.5. The zero-order chi connectivity index (χ0) is 11.4. The smallest absolute Gasteiger partial charge is 0.179 e. The molecule has 1 rings (SSSR count). The van der Waals surface area contributed by atoms with Gasteiger partial charge in [-0.05, 0) is 37.1 Å². The zero-order valence-electron chi connectivity index (χ0n) is 9.41. The summed E-state index contributed by atoms with van der Waals surface area (Å²) < 4.78 is 5.07. The van der Waals surface area contributed by atoms with Crippen LogP contribution in [0.5, 0.6) is 5.75 Å². The fourth-order valence-corrected chi connectivity index (χ4v) is 1.42. The third-order valence-electron chi connectivity index (χ3n) is 2.48. The molecule has 82 valence electrons. The second-order valence-electron chi connectivity index (χ2n) is 3.56. The maximum absolute atomic E-state index is 11.8. The standard InChI is InChI=1S/C12H17NO2/c1-4-11(13)12(14)10-6-5-9(15-3)7-8(10)2/h5-7,11H,4,13H2,1-3H3. The van der Waals surface area contributed by atoms with Gasteiger partial charge < -0.3 is 10.5 Å². The summed E-state index contributed by atoms with van der Waals surface area (Å²) in [5.74, 6) is 0.756. The molecule has 0 heterocycles. The van der Waals surface area contributed by atoms with Gasteiger partial charge in [0.2, 0.25) is 0 Å². The van der Waals surface area contributed by atoms with Gasteiger partial charge in [0.15, 0.2) is 5.78 Å². The van der Waals surface area contributed by atoms with Gasteiger partial charge in [-0.1, -0.05) is 6.92 Å². The van der Waals surface area contributed by atoms with E-state index in [-0.39, 0.29) is 5.78 Å². The number of carbonyl (C=O) groups is 1. The third-order valence-corrected chi connectivity index (χ3v) is 2.48. The minimum Gasteiger partial charge on any atom is -0.497 e. The molecule has 0 amide bonds. The first-order valence-electron chi connectivity index (χ1n) is 5.04. The molecule has 0 aliphatic rings. The Hall–Kier alpha value is -1.35. The van der Waals surface area contributed by atoms with E-state index < -0.39 is 6.04 Å². The van der Waals surface area contributed by atoms with Crippen LogP contribution in [0.2, 0.25) is 0 Å². The molecule has 0 radical (unpaired) electrons. The number of methoxy groups -OCH3 is 1. The lowest BCUT2D eigenvalue weighted by Gasteiger charge is -2.11. The summed E-state index contributed by atoms with van der Waals surface area (Å²) in [4.78, 5) is 11.8. The van der Waals surface area contributed by atoms with Crippen LogP contribution in [-0.2, 0) is 0 Å². The van der Waals surface area contributed by atoms with Crippen molar-refractivity contribution in [2.24, 2.45) is 5.73 Å². The number of Topliss-reactive ketones (excluding diaryl/α,β-unsaturated/α-hetero) is 1. The third kappa shape index (κ3) is 2.57. The first-order valence-corrected chi connectivity index (χ1v) is 5.04. The maximum atomic E-state index is 11.8. The van der Waals surface area contributed by atoms with E-state index in [1.54, 1.807) is 19.2 Å². The lowest BCUT2D eigenvalue weighted by Crippen LogP contribution is -2.30. The van der Waals surface area contributed by atoms with Crippen LogP contribution in [0.15, 0.2) is 18.2 Å². The molecule has 15 heavy (non-hydrogen) atoms. The Labute approximate surface area is 90.2 Å². The predicted octanol–water partition coefficient (Wildman–Crippen LogP) is 1.92. The van der Waals surface area contributed by atoms with Crippen molar-refractivity contribution in [3.8, 4) is 5.75 Å². The first-order chi connectivity index (χ1) is 7.10. The van der Waals surface area contributed by atoms with Gasteiger partial charge in [-0.3, -0.25) is 4.79 Å². The molecular weight excluding hydrogens is 190 g/mol. The molecule has 1 unspecified atom stereocenters. The minimum atomic E-state index is -0.405. The summed E-state index contributed by atoms with van der Waals surface area (Å²) in [6.45, 7) is 3.79. The largest absolute Gasteiger partial charge is 0.497 e. The molecule has 0 fully saturated rings. The number of hydrogen-bond acceptors (Lipinski definition) is 3. The molecule has 2 N–H and O–H groups in total. The van der Waals surface area contributed by atoms with Crippen molar-refractivity contribution < 1.29 is 9.53 Å². The Kier molecular flexibility index (Phi) is 3.86. The monoisotopic (exact) mass is 207 g/mol. The molecule has 0 aliphatic heterocycles. The normalized spacial score (nSPS) is 12.3. The van der Waals surface area contributed by atoms with Gasteiger partial charge in [-0.25, -0.2) is 0 Å². The Morgan fingerprint density at radius 2 is 2.20 bits per heavy atom. The number of carbonyl (C=O) groups excluding carboxylic acids is 1. The Balaban J connectivity index is 3.00. The van der Waals surface area contributed by atoms with Crippen LogP contribution in [0.3, 0.4) is 0 Å². The first kappa shape index (κ1) is 11.7. The summed E-state index contributed by atoms with van der Waals surface area (Å²) in [5.41, 5.74) is 7.30. The number of ketones is 1. The van der Waals surface area contributed by atoms with E-state index in [2.05, 4.69) is 0 Å². The SMILES string of the molecule is CCC(N)C(=O)c1ccc(OC)cc1C. The molecule has 0 aromatic heterocycles. The molecule has 0 saturated carbocycles. The van der Waals surface area contributed by atoms with Crippen LogP contribution in [0.25, 0.3) is 0 Å².